The van der Waals surface area contributed by atoms with Gasteiger partial charge in [0.15, 0.2) is 0 Å². The predicted octanol–water partition coefficient (Wildman–Crippen LogP) is 9.53. The first-order valence-electron chi connectivity index (χ1n) is 17.0. The van der Waals surface area contributed by atoms with Crippen LogP contribution in [0.3, 0.4) is 0 Å². The second-order valence-electron chi connectivity index (χ2n) is 12.7. The average molecular weight is 727 g/mol. The fourth-order valence-corrected chi connectivity index (χ4v) is 7.47. The molecule has 2 N–H and O–H groups in total. The van der Waals surface area contributed by atoms with Gasteiger partial charge < -0.3 is 19.7 Å². The van der Waals surface area contributed by atoms with E-state index < -0.39 is 49.4 Å². The second kappa shape index (κ2) is 15.4. The molecule has 1 aliphatic heterocycles. The normalized spacial score (nSPS) is 16.8. The first-order valence-corrected chi connectivity index (χ1v) is 18.2. The Hall–Kier alpha value is -4.79. The van der Waals surface area contributed by atoms with Crippen molar-refractivity contribution in [1.82, 2.24) is 0 Å². The molecule has 4 nitrogen and oxygen atoms in total. The molecule has 0 bridgehead atoms. The van der Waals surface area contributed by atoms with Gasteiger partial charge in [0.25, 0.3) is 0 Å². The van der Waals surface area contributed by atoms with E-state index in [-0.39, 0.29) is 0 Å². The van der Waals surface area contributed by atoms with Crippen LogP contribution in [-0.2, 0) is 46.7 Å². The van der Waals surface area contributed by atoms with Gasteiger partial charge in [-0.1, -0.05) is 194 Å². The maximum atomic E-state index is 13.5. The summed E-state index contributed by atoms with van der Waals surface area (Å²) in [6.45, 7) is 0. The molecule has 7 aromatic rings. The number of fused-ring (bicyclic) bond motifs is 1. The molecule has 8 rings (SSSR count). The van der Waals surface area contributed by atoms with Gasteiger partial charge in [-0.15, -0.1) is 0 Å². The Morgan fingerprint density at radius 2 is 0.769 bits per heavy atom. The van der Waals surface area contributed by atoms with E-state index in [2.05, 4.69) is 18.2 Å². The fourth-order valence-electron chi connectivity index (χ4n) is 7.47. The third-order valence-electron chi connectivity index (χ3n) is 9.84. The summed E-state index contributed by atoms with van der Waals surface area (Å²) in [5.74, 6) is -1.54. The van der Waals surface area contributed by atoms with Crippen LogP contribution in [0.25, 0.3) is 10.8 Å². The molecule has 0 spiro atoms. The molecule has 0 amide bonds. The zero-order valence-electron chi connectivity index (χ0n) is 28.1. The number of hydrogen-bond acceptors (Lipinski definition) is 4. The Kier molecular flexibility index (Phi) is 10.6. The number of ether oxygens (including phenoxy) is 2. The molecule has 258 valence electrons. The summed E-state index contributed by atoms with van der Waals surface area (Å²) in [5, 5.41) is 29.0. The molecule has 2 atom stereocenters. The van der Waals surface area contributed by atoms with Crippen LogP contribution in [0.2, 0.25) is 0 Å². The van der Waals surface area contributed by atoms with Crippen molar-refractivity contribution >= 4 is 10.8 Å². The molecule has 0 unspecified atom stereocenters. The van der Waals surface area contributed by atoms with Gasteiger partial charge in [-0.2, -0.15) is 0 Å². The average Bonchev–Trinajstić information content (AvgIpc) is 3.65. The van der Waals surface area contributed by atoms with Crippen LogP contribution < -0.4 is 0 Å². The summed E-state index contributed by atoms with van der Waals surface area (Å²) in [7, 11) is 0. The Morgan fingerprint density at radius 3 is 1.17 bits per heavy atom. The summed E-state index contributed by atoms with van der Waals surface area (Å²) >= 11 is -2.50. The molecule has 1 heterocycles. The minimum atomic E-state index is -2.50. The van der Waals surface area contributed by atoms with Gasteiger partial charge in [0.2, 0.25) is 5.79 Å². The number of halogens is 2. The van der Waals surface area contributed by atoms with E-state index in [4.69, 9.17) is 9.47 Å². The first kappa shape index (κ1) is 35.6. The van der Waals surface area contributed by atoms with Gasteiger partial charge in [0, 0.05) is 11.1 Å². The zero-order valence-corrected chi connectivity index (χ0v) is 29.7. The van der Waals surface area contributed by atoms with Crippen LogP contribution in [0.5, 0.6) is 0 Å². The van der Waals surface area contributed by atoms with Gasteiger partial charge in [0.1, 0.15) is 23.4 Å². The molecule has 1 saturated heterocycles. The van der Waals surface area contributed by atoms with Crippen LogP contribution in [0, 0.1) is 0 Å². The number of aliphatic hydroxyl groups is 2. The van der Waals surface area contributed by atoms with Crippen LogP contribution >= 0.6 is 0 Å². The standard InChI is InChI=1S/C45H36O4.2FH.Ti/c46-43(34-21-6-1-7-22-34,35-23-8-2-9-24-35)41-42(44(47,36-25-10-3-11-26-36)37-27-12-4-13-28-37)49-45(48-41,38-29-14-5-15-30-38)40-32-18-20-33-19-16-17-31-39(33)40;;;/h1-32,41-42,46-47H;2*1H;/q;;;+2/p-2/t41-,42-;;;/m1.../s1. The van der Waals surface area contributed by atoms with E-state index in [9.17, 15) is 16.4 Å². The Morgan fingerprint density at radius 1 is 0.442 bits per heavy atom. The van der Waals surface area contributed by atoms with Gasteiger partial charge in [-0.05, 0) is 33.0 Å². The Balaban J connectivity index is 0.00000136. The SMILES string of the molecule is OC(c1ccccc1)(c1ccccc1)[C@@H]1OC(c2ccccc2)(c2cccc3ccccc23)O[C@H]1C(O)(c1ccccc1)c1ccccc1.[F][Ti][F]. The predicted molar refractivity (Wildman–Crippen MR) is 195 cm³/mol. The molecule has 1 aliphatic rings. The second-order valence-corrected chi connectivity index (χ2v) is 12.9. The van der Waals surface area contributed by atoms with Gasteiger partial charge in [0.05, 0.1) is 0 Å². The molecule has 0 aliphatic carbocycles. The molecule has 1 fully saturated rings. The van der Waals surface area contributed by atoms with Crippen LogP contribution in [0.1, 0.15) is 33.4 Å². The van der Waals surface area contributed by atoms with E-state index in [1.54, 1.807) is 0 Å². The minimum absolute atomic E-state index is 0.616. The van der Waals surface area contributed by atoms with Crippen LogP contribution in [0.15, 0.2) is 194 Å². The van der Waals surface area contributed by atoms with E-state index in [1.807, 2.05) is 176 Å². The summed E-state index contributed by atoms with van der Waals surface area (Å²) < 4.78 is 34.4. The third-order valence-corrected chi connectivity index (χ3v) is 9.84. The summed E-state index contributed by atoms with van der Waals surface area (Å²) in [6, 6.07) is 62.2. The maximum absolute atomic E-state index is 13.5. The Bertz CT molecular complexity index is 2010. The van der Waals surface area contributed by atoms with E-state index >= 15 is 0 Å². The van der Waals surface area contributed by atoms with Crippen molar-refractivity contribution in [3.05, 3.63) is 228 Å². The summed E-state index contributed by atoms with van der Waals surface area (Å²) in [6.07, 6.45) is -2.27. The fraction of sp³-hybridized carbons (Fsp3) is 0.111. The van der Waals surface area contributed by atoms with Crippen molar-refractivity contribution in [2.24, 2.45) is 0 Å². The van der Waals surface area contributed by atoms with Crippen LogP contribution in [0.4, 0.5) is 6.18 Å². The number of benzene rings is 7. The van der Waals surface area contributed by atoms with Crippen molar-refractivity contribution in [2.45, 2.75) is 29.2 Å². The molecule has 0 radical (unpaired) electrons. The number of hydrogen-bond donors (Lipinski definition) is 2. The first-order chi connectivity index (χ1) is 25.5. The van der Waals surface area contributed by atoms with Crippen molar-refractivity contribution in [1.29, 1.82) is 0 Å². The van der Waals surface area contributed by atoms with E-state index in [0.29, 0.717) is 22.3 Å². The molecular weight excluding hydrogens is 690 g/mol. The molecule has 7 heteroatoms. The molecule has 0 saturated carbocycles. The molecule has 0 aromatic heterocycles. The van der Waals surface area contributed by atoms with Gasteiger partial charge in [-0.3, -0.25) is 0 Å². The number of rotatable bonds is 8. The third kappa shape index (κ3) is 6.33. The van der Waals surface area contributed by atoms with E-state index in [0.717, 1.165) is 21.9 Å². The van der Waals surface area contributed by atoms with Crippen molar-refractivity contribution < 1.29 is 46.1 Å². The summed E-state index contributed by atoms with van der Waals surface area (Å²) in [5.41, 5.74) is 0.435. The monoisotopic (exact) mass is 726 g/mol. The topological polar surface area (TPSA) is 58.9 Å². The quantitative estimate of drug-likeness (QED) is 0.153. The van der Waals surface area contributed by atoms with Crippen LogP contribution in [-0.4, -0.2) is 22.4 Å². The van der Waals surface area contributed by atoms with Gasteiger partial charge in [-0.25, -0.2) is 0 Å². The Labute approximate surface area is 312 Å². The van der Waals surface area contributed by atoms with E-state index in [1.165, 1.54) is 0 Å². The molecular formula is C45H36F2O4Ti. The van der Waals surface area contributed by atoms with Gasteiger partial charge >= 0.3 is 26.4 Å². The summed E-state index contributed by atoms with van der Waals surface area (Å²) in [4.78, 5) is 0. The molecule has 52 heavy (non-hydrogen) atoms. The zero-order chi connectivity index (χ0) is 36.0. The van der Waals surface area contributed by atoms with Crippen molar-refractivity contribution in [3.8, 4) is 0 Å². The van der Waals surface area contributed by atoms with Crippen molar-refractivity contribution in [2.75, 3.05) is 0 Å². The van der Waals surface area contributed by atoms with Crippen molar-refractivity contribution in [3.63, 3.8) is 0 Å². The molecule has 7 aromatic carbocycles.